The van der Waals surface area contributed by atoms with Crippen LogP contribution in [-0.4, -0.2) is 37.9 Å². The molecular formula is C14H18ClN3O2S. The average molecular weight is 328 g/mol. The minimum atomic E-state index is -3.50. The zero-order valence-corrected chi connectivity index (χ0v) is 13.2. The van der Waals surface area contributed by atoms with Crippen LogP contribution in [0.3, 0.4) is 0 Å². The molecule has 1 aromatic rings. The van der Waals surface area contributed by atoms with Gasteiger partial charge in [-0.3, -0.25) is 0 Å². The maximum atomic E-state index is 12.7. The van der Waals surface area contributed by atoms with Crippen molar-refractivity contribution in [2.45, 2.75) is 36.2 Å². The van der Waals surface area contributed by atoms with Gasteiger partial charge in [0.05, 0.1) is 16.5 Å². The van der Waals surface area contributed by atoms with Crippen LogP contribution in [-0.2, 0) is 10.0 Å². The van der Waals surface area contributed by atoms with Gasteiger partial charge >= 0.3 is 0 Å². The first-order valence-corrected chi connectivity index (χ1v) is 8.30. The van der Waals surface area contributed by atoms with E-state index < -0.39 is 10.0 Å². The van der Waals surface area contributed by atoms with Crippen molar-refractivity contribution in [3.05, 3.63) is 29.8 Å². The molecule has 5 nitrogen and oxygen atoms in total. The first-order chi connectivity index (χ1) is 9.59. The summed E-state index contributed by atoms with van der Waals surface area (Å²) in [6.45, 7) is 1.07. The van der Waals surface area contributed by atoms with Crippen LogP contribution in [0.5, 0.6) is 0 Å². The fourth-order valence-electron chi connectivity index (χ4n) is 3.00. The summed E-state index contributed by atoms with van der Waals surface area (Å²) >= 11 is 0. The maximum Gasteiger partial charge on any atom is 0.243 e. The van der Waals surface area contributed by atoms with E-state index in [1.807, 2.05) is 6.07 Å². The third-order valence-electron chi connectivity index (χ3n) is 4.09. The molecule has 0 aliphatic carbocycles. The highest BCUT2D eigenvalue weighted by molar-refractivity contribution is 7.89. The van der Waals surface area contributed by atoms with Gasteiger partial charge in [-0.05, 0) is 37.5 Å². The Morgan fingerprint density at radius 2 is 2.00 bits per heavy atom. The van der Waals surface area contributed by atoms with Crippen LogP contribution < -0.4 is 5.32 Å². The molecule has 2 fully saturated rings. The molecule has 2 saturated heterocycles. The molecule has 2 unspecified atom stereocenters. The molecule has 21 heavy (non-hydrogen) atoms. The van der Waals surface area contributed by atoms with Crippen molar-refractivity contribution in [2.24, 2.45) is 0 Å². The van der Waals surface area contributed by atoms with Crippen LogP contribution in [0.25, 0.3) is 0 Å². The normalized spacial score (nSPS) is 25.7. The van der Waals surface area contributed by atoms with Gasteiger partial charge in [0.25, 0.3) is 0 Å². The first-order valence-electron chi connectivity index (χ1n) is 6.86. The molecule has 3 rings (SSSR count). The first kappa shape index (κ1) is 16.2. The summed E-state index contributed by atoms with van der Waals surface area (Å²) in [4.78, 5) is 0.217. The number of benzene rings is 1. The predicted molar refractivity (Wildman–Crippen MR) is 81.7 cm³/mol. The van der Waals surface area contributed by atoms with Gasteiger partial charge in [-0.2, -0.15) is 9.57 Å². The van der Waals surface area contributed by atoms with Crippen molar-refractivity contribution < 1.29 is 8.42 Å². The number of hydrogen-bond donors (Lipinski definition) is 1. The predicted octanol–water partition coefficient (Wildman–Crippen LogP) is 1.50. The van der Waals surface area contributed by atoms with Crippen LogP contribution in [0.15, 0.2) is 29.2 Å². The Labute approximate surface area is 131 Å². The van der Waals surface area contributed by atoms with Crippen LogP contribution >= 0.6 is 12.4 Å². The number of hydrogen-bond acceptors (Lipinski definition) is 4. The Kier molecular flexibility index (Phi) is 4.89. The molecule has 7 heteroatoms. The summed E-state index contributed by atoms with van der Waals surface area (Å²) in [5, 5.41) is 12.4. The van der Waals surface area contributed by atoms with Crippen molar-refractivity contribution in [3.63, 3.8) is 0 Å². The number of nitrogens with one attached hydrogen (secondary N) is 1. The molecule has 0 saturated carbocycles. The number of sulfonamides is 1. The van der Waals surface area contributed by atoms with Gasteiger partial charge in [-0.15, -0.1) is 12.4 Å². The quantitative estimate of drug-likeness (QED) is 0.893. The molecule has 2 aliphatic heterocycles. The van der Waals surface area contributed by atoms with Crippen LogP contribution in [0.2, 0.25) is 0 Å². The van der Waals surface area contributed by atoms with Gasteiger partial charge in [-0.25, -0.2) is 8.42 Å². The van der Waals surface area contributed by atoms with E-state index in [1.54, 1.807) is 22.5 Å². The molecule has 1 aromatic carbocycles. The summed E-state index contributed by atoms with van der Waals surface area (Å²) in [5.41, 5.74) is 0.376. The van der Waals surface area contributed by atoms with Crippen LogP contribution in [0, 0.1) is 11.3 Å². The Morgan fingerprint density at radius 1 is 1.24 bits per heavy atom. The topological polar surface area (TPSA) is 73.2 Å². The third-order valence-corrected chi connectivity index (χ3v) is 5.95. The molecular weight excluding hydrogens is 310 g/mol. The third kappa shape index (κ3) is 3.22. The molecule has 2 heterocycles. The SMILES string of the molecule is Cl.N#Cc1cccc(S(=O)(=O)N2CCC3CCC(C2)N3)c1. The van der Waals surface area contributed by atoms with E-state index in [2.05, 4.69) is 5.32 Å². The Balaban J connectivity index is 0.00000161. The van der Waals surface area contributed by atoms with E-state index in [-0.39, 0.29) is 23.3 Å². The van der Waals surface area contributed by atoms with Gasteiger partial charge in [-0.1, -0.05) is 6.07 Å². The van der Waals surface area contributed by atoms with Crippen molar-refractivity contribution in [3.8, 4) is 6.07 Å². The lowest BCUT2D eigenvalue weighted by Crippen LogP contribution is -2.39. The second kappa shape index (κ2) is 6.32. The fraction of sp³-hybridized carbons (Fsp3) is 0.500. The molecule has 2 aliphatic rings. The number of halogens is 1. The van der Waals surface area contributed by atoms with Crippen molar-refractivity contribution >= 4 is 22.4 Å². The van der Waals surface area contributed by atoms with Gasteiger partial charge < -0.3 is 5.32 Å². The summed E-state index contributed by atoms with van der Waals surface area (Å²) in [6.07, 6.45) is 3.03. The summed E-state index contributed by atoms with van der Waals surface area (Å²) < 4.78 is 26.9. The minimum absolute atomic E-state index is 0. The second-order valence-corrected chi connectivity index (χ2v) is 7.37. The Hall–Kier alpha value is -1.13. The molecule has 0 radical (unpaired) electrons. The van der Waals surface area contributed by atoms with Gasteiger partial charge in [0.15, 0.2) is 0 Å². The molecule has 2 atom stereocenters. The maximum absolute atomic E-state index is 12.7. The minimum Gasteiger partial charge on any atom is -0.310 e. The highest BCUT2D eigenvalue weighted by Gasteiger charge is 2.34. The largest absolute Gasteiger partial charge is 0.310 e. The van der Waals surface area contributed by atoms with Gasteiger partial charge in [0, 0.05) is 25.2 Å². The molecule has 114 valence electrons. The monoisotopic (exact) mass is 327 g/mol. The lowest BCUT2D eigenvalue weighted by Gasteiger charge is -2.23. The van der Waals surface area contributed by atoms with E-state index in [0.29, 0.717) is 24.7 Å². The van der Waals surface area contributed by atoms with Crippen LogP contribution in [0.1, 0.15) is 24.8 Å². The van der Waals surface area contributed by atoms with E-state index in [9.17, 15) is 8.42 Å². The van der Waals surface area contributed by atoms with E-state index in [1.165, 1.54) is 6.07 Å². The number of nitrogens with zero attached hydrogens (tertiary/aromatic N) is 2. The van der Waals surface area contributed by atoms with Crippen molar-refractivity contribution in [1.82, 2.24) is 9.62 Å². The standard InChI is InChI=1S/C14H17N3O2S.ClH/c15-9-11-2-1-3-14(8-11)20(18,19)17-7-6-12-4-5-13(10-17)16-12;/h1-3,8,12-13,16H,4-7,10H2;1H. The Bertz CT molecular complexity index is 656. The molecule has 2 bridgehead atoms. The average Bonchev–Trinajstić information content (AvgIpc) is 2.77. The van der Waals surface area contributed by atoms with Crippen molar-refractivity contribution in [1.29, 1.82) is 5.26 Å². The smallest absolute Gasteiger partial charge is 0.243 e. The summed E-state index contributed by atoms with van der Waals surface area (Å²) in [7, 11) is -3.50. The second-order valence-electron chi connectivity index (χ2n) is 5.43. The number of fused-ring (bicyclic) bond motifs is 2. The van der Waals surface area contributed by atoms with E-state index >= 15 is 0 Å². The zero-order chi connectivity index (χ0) is 14.2. The highest BCUT2D eigenvalue weighted by Crippen LogP contribution is 2.25. The summed E-state index contributed by atoms with van der Waals surface area (Å²) in [6, 6.07) is 8.94. The van der Waals surface area contributed by atoms with Crippen molar-refractivity contribution in [2.75, 3.05) is 13.1 Å². The van der Waals surface area contributed by atoms with Gasteiger partial charge in [0.1, 0.15) is 0 Å². The highest BCUT2D eigenvalue weighted by atomic mass is 35.5. The Morgan fingerprint density at radius 3 is 2.76 bits per heavy atom. The lowest BCUT2D eigenvalue weighted by molar-refractivity contribution is 0.383. The summed E-state index contributed by atoms with van der Waals surface area (Å²) in [5.74, 6) is 0. The zero-order valence-electron chi connectivity index (χ0n) is 11.5. The van der Waals surface area contributed by atoms with E-state index in [4.69, 9.17) is 5.26 Å². The van der Waals surface area contributed by atoms with E-state index in [0.717, 1.165) is 19.3 Å². The molecule has 1 N–H and O–H groups in total. The molecule has 0 amide bonds. The number of rotatable bonds is 2. The fourth-order valence-corrected chi connectivity index (χ4v) is 4.55. The number of nitriles is 1. The molecule has 0 spiro atoms. The molecule has 0 aromatic heterocycles. The lowest BCUT2D eigenvalue weighted by atomic mass is 10.1. The van der Waals surface area contributed by atoms with Crippen LogP contribution in [0.4, 0.5) is 0 Å². The van der Waals surface area contributed by atoms with Gasteiger partial charge in [0.2, 0.25) is 10.0 Å².